The van der Waals surface area contributed by atoms with Crippen molar-refractivity contribution in [3.8, 4) is 45.0 Å². The van der Waals surface area contributed by atoms with Crippen molar-refractivity contribution in [2.45, 2.75) is 24.7 Å². The van der Waals surface area contributed by atoms with E-state index in [9.17, 15) is 0 Å². The van der Waals surface area contributed by atoms with E-state index in [2.05, 4.69) is 182 Å². The van der Waals surface area contributed by atoms with Crippen LogP contribution in [-0.2, 0) is 24.7 Å². The highest BCUT2D eigenvalue weighted by Gasteiger charge is 2.73. The molecule has 17 heterocycles. The molecular weight excluding hydrogens is 861 g/mol. The second-order valence-corrected chi connectivity index (χ2v) is 21.3. The van der Waals surface area contributed by atoms with Crippen LogP contribution in [0.2, 0.25) is 0 Å². The second kappa shape index (κ2) is 9.06. The van der Waals surface area contributed by atoms with Crippen LogP contribution in [0, 0.1) is 0 Å². The van der Waals surface area contributed by atoms with Crippen molar-refractivity contribution in [2.24, 2.45) is 0 Å². The van der Waals surface area contributed by atoms with Gasteiger partial charge in [-0.25, -0.2) is 28.2 Å². The maximum atomic E-state index is 6.04. The predicted molar refractivity (Wildman–Crippen MR) is 266 cm³/mol. The van der Waals surface area contributed by atoms with E-state index in [4.69, 9.17) is 9.97 Å². The molecule has 10 heteroatoms. The van der Waals surface area contributed by atoms with Crippen LogP contribution in [-0.4, -0.2) is 28.2 Å². The van der Waals surface area contributed by atoms with Gasteiger partial charge in [-0.15, -0.1) is 0 Å². The van der Waals surface area contributed by atoms with Gasteiger partial charge in [0.2, 0.25) is 22.8 Å². The van der Waals surface area contributed by atoms with Crippen LogP contribution >= 0.6 is 0 Å². The van der Waals surface area contributed by atoms with E-state index in [1.807, 2.05) is 0 Å². The molecule has 0 radical (unpaired) electrons. The summed E-state index contributed by atoms with van der Waals surface area (Å²) >= 11 is 0. The SMILES string of the molecule is c1cc2c3c(c1)cc1n3C34n5c(cc6cccc(c65)-c5ccc6c7nc8c9ccc%10[n+]%11c9c9c(ccc%12[n+]9C%119n%11c(cc%13cccc-%12c%13%11)Cc%11cc%12cccc-%10c%12n%119)c8nc7c7ccc-2[n+]3c7c6[n+]54)C1. The molecule has 15 aromatic rings. The molecule has 8 aliphatic rings. The molecule has 0 aliphatic carbocycles. The largest absolute Gasteiger partial charge is 0.553 e. The summed E-state index contributed by atoms with van der Waals surface area (Å²) in [5.41, 5.74) is 29.1. The number of nitrogens with zero attached hydrogens (tertiary/aromatic N) is 10. The molecule has 70 heavy (non-hydrogen) atoms. The van der Waals surface area contributed by atoms with Crippen LogP contribution in [0.15, 0.2) is 146 Å². The summed E-state index contributed by atoms with van der Waals surface area (Å²) in [6.07, 6.45) is 1.73. The number of benzene rings is 6. The Morgan fingerprint density at radius 3 is 0.871 bits per heavy atom. The molecule has 0 N–H and O–H groups in total. The van der Waals surface area contributed by atoms with Crippen molar-refractivity contribution < 1.29 is 18.3 Å². The van der Waals surface area contributed by atoms with Crippen LogP contribution in [0.5, 0.6) is 0 Å². The molecule has 0 unspecified atom stereocenters. The Balaban J connectivity index is 0.953. The van der Waals surface area contributed by atoms with E-state index in [1.54, 1.807) is 0 Å². The molecule has 2 spiro atoms. The van der Waals surface area contributed by atoms with Crippen molar-refractivity contribution in [3.63, 3.8) is 0 Å². The number of para-hydroxylation sites is 4. The smallest absolute Gasteiger partial charge is 0.243 e. The Bertz CT molecular complexity index is 4830. The highest BCUT2D eigenvalue weighted by atomic mass is 15.6. The van der Waals surface area contributed by atoms with Crippen molar-refractivity contribution >= 4 is 109 Å². The van der Waals surface area contributed by atoms with Gasteiger partial charge in [0.05, 0.1) is 65.9 Å². The number of aromatic nitrogens is 10. The molecule has 23 rings (SSSR count). The Morgan fingerprint density at radius 1 is 0.329 bits per heavy atom. The lowest BCUT2D eigenvalue weighted by Gasteiger charge is -2.36. The summed E-state index contributed by atoms with van der Waals surface area (Å²) in [5, 5.41) is 9.65. The molecule has 314 valence electrons. The highest BCUT2D eigenvalue weighted by Crippen LogP contribution is 2.54. The molecule has 10 nitrogen and oxygen atoms in total. The van der Waals surface area contributed by atoms with E-state index >= 15 is 0 Å². The predicted octanol–water partition coefficient (Wildman–Crippen LogP) is 9.15. The summed E-state index contributed by atoms with van der Waals surface area (Å²) in [5.74, 6) is -1.48. The van der Waals surface area contributed by atoms with Crippen molar-refractivity contribution in [2.75, 3.05) is 0 Å². The van der Waals surface area contributed by atoms with Crippen LogP contribution in [0.3, 0.4) is 0 Å². The molecular formula is C60H28N10+4. The fourth-order valence-electron chi connectivity index (χ4n) is 16.7. The fourth-order valence-corrected chi connectivity index (χ4v) is 16.7. The normalized spacial score (nSPS) is 16.7. The molecule has 0 amide bonds. The van der Waals surface area contributed by atoms with Crippen molar-refractivity contribution in [3.05, 3.63) is 168 Å². The quantitative estimate of drug-likeness (QED) is 0.0867. The molecule has 8 aliphatic heterocycles. The summed E-state index contributed by atoms with van der Waals surface area (Å²) in [4.78, 5) is 12.1. The van der Waals surface area contributed by atoms with E-state index in [-0.39, 0.29) is 0 Å². The molecule has 0 atom stereocenters. The first kappa shape index (κ1) is 31.6. The zero-order valence-corrected chi connectivity index (χ0v) is 36.7. The van der Waals surface area contributed by atoms with Gasteiger partial charge in [-0.3, -0.25) is 0 Å². The number of fused-ring (bicyclic) bond motifs is 10. The van der Waals surface area contributed by atoms with Gasteiger partial charge >= 0.3 is 11.8 Å². The molecule has 0 saturated heterocycles. The number of rotatable bonds is 0. The average molecular weight is 889 g/mol. The lowest BCUT2D eigenvalue weighted by molar-refractivity contribution is -0.965. The lowest BCUT2D eigenvalue weighted by Crippen LogP contribution is -2.81. The third kappa shape index (κ3) is 2.59. The number of hydrogen-bond acceptors (Lipinski definition) is 2. The Hall–Kier alpha value is -9.28. The monoisotopic (exact) mass is 888 g/mol. The van der Waals surface area contributed by atoms with Crippen LogP contribution in [0.4, 0.5) is 0 Å². The third-order valence-corrected chi connectivity index (χ3v) is 18.7. The molecule has 0 saturated carbocycles. The van der Waals surface area contributed by atoms with Crippen LogP contribution in [0.1, 0.15) is 22.8 Å². The second-order valence-electron chi connectivity index (χ2n) is 21.3. The summed E-state index contributed by atoms with van der Waals surface area (Å²) in [6, 6.07) is 56.3. The maximum absolute atomic E-state index is 6.04. The first-order valence-electron chi connectivity index (χ1n) is 24.6. The molecule has 9 aromatic heterocycles. The first-order chi connectivity index (χ1) is 34.7. The first-order valence-corrected chi connectivity index (χ1v) is 24.6. The summed E-state index contributed by atoms with van der Waals surface area (Å²) in [7, 11) is 0. The Labute approximate surface area is 392 Å². The van der Waals surface area contributed by atoms with Crippen LogP contribution in [0.25, 0.3) is 154 Å². The minimum Gasteiger partial charge on any atom is -0.243 e. The molecule has 0 bridgehead atoms. The number of hydrogen-bond donors (Lipinski definition) is 0. The van der Waals surface area contributed by atoms with Crippen molar-refractivity contribution in [1.82, 2.24) is 28.2 Å². The van der Waals surface area contributed by atoms with Crippen LogP contribution < -0.4 is 18.3 Å². The van der Waals surface area contributed by atoms with Gasteiger partial charge in [-0.05, 0) is 72.8 Å². The minimum atomic E-state index is -0.740. The van der Waals surface area contributed by atoms with E-state index in [0.717, 1.165) is 56.5 Å². The topological polar surface area (TPSA) is 61.0 Å². The molecule has 0 fully saturated rings. The average Bonchev–Trinajstić information content (AvgIpc) is 4.27. The van der Waals surface area contributed by atoms with Gasteiger partial charge in [-0.2, -0.15) is 0 Å². The zero-order chi connectivity index (χ0) is 43.9. The van der Waals surface area contributed by atoms with Gasteiger partial charge < -0.3 is 0 Å². The Kier molecular flexibility index (Phi) is 4.10. The van der Waals surface area contributed by atoms with Gasteiger partial charge in [0.25, 0.3) is 22.1 Å². The summed E-state index contributed by atoms with van der Waals surface area (Å²) in [6.45, 7) is 0. The van der Waals surface area contributed by atoms with Gasteiger partial charge in [0.15, 0.2) is 0 Å². The zero-order valence-electron chi connectivity index (χ0n) is 36.7. The minimum absolute atomic E-state index is 0.740. The molecule has 6 aromatic carbocycles. The maximum Gasteiger partial charge on any atom is 0.553 e. The van der Waals surface area contributed by atoms with E-state index in [1.165, 1.54) is 133 Å². The van der Waals surface area contributed by atoms with Gasteiger partial charge in [0, 0.05) is 81.4 Å². The van der Waals surface area contributed by atoms with Gasteiger partial charge in [-0.1, -0.05) is 66.8 Å². The Morgan fingerprint density at radius 2 is 0.600 bits per heavy atom. The number of pyridine rings is 4. The lowest BCUT2D eigenvalue weighted by atomic mass is 10.0. The summed E-state index contributed by atoms with van der Waals surface area (Å²) < 4.78 is 21.5. The van der Waals surface area contributed by atoms with Gasteiger partial charge in [0.1, 0.15) is 22.1 Å². The highest BCUT2D eigenvalue weighted by molar-refractivity contribution is 6.26. The van der Waals surface area contributed by atoms with E-state index in [0.29, 0.717) is 0 Å². The van der Waals surface area contributed by atoms with Crippen molar-refractivity contribution in [1.29, 1.82) is 0 Å². The van der Waals surface area contributed by atoms with E-state index < -0.39 is 11.8 Å². The third-order valence-electron chi connectivity index (χ3n) is 18.7. The fraction of sp³-hybridized carbons (Fsp3) is 0.0667. The standard InChI is InChI=1S/C60H28N10/c1-5-27-21-31-25-32-22-28-6-2-10-36-44-18-14-40-48-47(39-13-17-43-35(9-1)51(27)63(31)59(64(32)52(28)36)67(43)55(39)56(40)68(44)59)61-49-41-15-19-45-37-11-3-7-29-23-33-26-34-24-30-8-4-12-38-46-20-16-42(50(49)62-48)58-57(41)69(45)60(70(46)58,65(33)53(29)37)66(34)54(30)38/h1-24H,25-26H2/q+4.